The average molecular weight is 770 g/mol. The van der Waals surface area contributed by atoms with Crippen molar-refractivity contribution in [2.45, 2.75) is 112 Å². The molecule has 0 N–H and O–H groups in total. The second-order valence-corrected chi connectivity index (χ2v) is 38.3. The van der Waals surface area contributed by atoms with E-state index < -0.39 is 16.4 Å². The molecule has 2 aliphatic rings. The Labute approximate surface area is 305 Å². The SMILES string of the molecule is CCCCC1=Cc2c(-c3ccc(C)cc3)cc(C)c(C)c2[CH]1[Zr]([Cl])([Cl])([CH2]C)[CH]1C(CCCC)=Cc2c(-c3ccc(C)cc3)cc(C)c(C)c21. The fraction of sp³-hybridized carbons (Fsp3) is 0.391. The zero-order valence-electron chi connectivity index (χ0n) is 31.3. The molecule has 49 heavy (non-hydrogen) atoms. The monoisotopic (exact) mass is 767 g/mol. The van der Waals surface area contributed by atoms with Crippen molar-refractivity contribution in [3.63, 3.8) is 0 Å². The average Bonchev–Trinajstić information content (AvgIpc) is 3.68. The van der Waals surface area contributed by atoms with Crippen LogP contribution in [0.15, 0.2) is 71.8 Å². The Hall–Kier alpha value is -2.18. The fourth-order valence-electron chi connectivity index (χ4n) is 8.95. The summed E-state index contributed by atoms with van der Waals surface area (Å²) in [5, 5.41) is 0. The first kappa shape index (κ1) is 36.6. The molecule has 6 rings (SSSR count). The van der Waals surface area contributed by atoms with E-state index in [2.05, 4.69) is 135 Å². The van der Waals surface area contributed by atoms with Crippen LogP contribution in [0.25, 0.3) is 34.4 Å². The van der Waals surface area contributed by atoms with E-state index >= 15 is 0 Å². The van der Waals surface area contributed by atoms with Crippen LogP contribution in [0.2, 0.25) is 4.13 Å². The molecule has 4 aromatic rings. The number of benzene rings is 4. The van der Waals surface area contributed by atoms with Gasteiger partial charge in [-0.3, -0.25) is 0 Å². The van der Waals surface area contributed by atoms with Crippen LogP contribution in [0.5, 0.6) is 0 Å². The van der Waals surface area contributed by atoms with Gasteiger partial charge in [-0.25, -0.2) is 0 Å². The standard InChI is InChI=1S/2C22H25.C2H5.2ClH.Zr/c2*1-5-6-7-18-13-20-17(4)16(3)12-21(22(20)14-18)19-10-8-15(2)9-11-19;1-2;;;/h2*8-14H,5-7H2,1-4H3;1H2,2H3;2*1H;/q;;;;;+2/p-2. The molecule has 0 bridgehead atoms. The molecule has 257 valence electrons. The second-order valence-electron chi connectivity index (χ2n) is 15.3. The Balaban J connectivity index is 1.65. The number of unbranched alkanes of at least 4 members (excludes halogenated alkanes) is 2. The third kappa shape index (κ3) is 6.34. The van der Waals surface area contributed by atoms with Crippen LogP contribution in [0.4, 0.5) is 0 Å². The summed E-state index contributed by atoms with van der Waals surface area (Å²) >= 11 is -4.97. The third-order valence-corrected chi connectivity index (χ3v) is 32.7. The summed E-state index contributed by atoms with van der Waals surface area (Å²) in [5.41, 5.74) is 21.7. The molecule has 0 aromatic heterocycles. The Kier molecular flexibility index (Phi) is 10.5. The van der Waals surface area contributed by atoms with Crippen molar-refractivity contribution in [2.75, 3.05) is 0 Å². The fourth-order valence-corrected chi connectivity index (χ4v) is 27.2. The maximum atomic E-state index is 8.77. The number of aryl methyl sites for hydroxylation is 4. The van der Waals surface area contributed by atoms with Crippen molar-refractivity contribution in [1.29, 1.82) is 0 Å². The van der Waals surface area contributed by atoms with Crippen LogP contribution < -0.4 is 0 Å². The Morgan fingerprint density at radius 3 is 1.24 bits per heavy atom. The normalized spacial score (nSPS) is 17.7. The topological polar surface area (TPSA) is 0 Å². The molecule has 0 amide bonds. The molecule has 0 saturated heterocycles. The minimum absolute atomic E-state index is 0.0733. The van der Waals surface area contributed by atoms with Gasteiger partial charge in [-0.15, -0.1) is 0 Å². The number of fused-ring (bicyclic) bond motifs is 2. The maximum absolute atomic E-state index is 8.77. The molecule has 0 nitrogen and oxygen atoms in total. The summed E-state index contributed by atoms with van der Waals surface area (Å²) < 4.78 is 0.986. The van der Waals surface area contributed by atoms with Crippen LogP contribution in [-0.4, -0.2) is 0 Å². The van der Waals surface area contributed by atoms with Gasteiger partial charge in [0.05, 0.1) is 0 Å². The molecule has 2 unspecified atom stereocenters. The second kappa shape index (κ2) is 14.1. The number of hydrogen-bond acceptors (Lipinski definition) is 0. The first-order valence-electron chi connectivity index (χ1n) is 18.7. The minimum atomic E-state index is -4.97. The quantitative estimate of drug-likeness (QED) is 0.143. The van der Waals surface area contributed by atoms with E-state index in [1.54, 1.807) is 0 Å². The third-order valence-electron chi connectivity index (χ3n) is 12.1. The van der Waals surface area contributed by atoms with Crippen molar-refractivity contribution in [3.05, 3.63) is 127 Å². The molecule has 0 aliphatic heterocycles. The van der Waals surface area contributed by atoms with Crippen LogP contribution in [0.1, 0.15) is 122 Å². The molecular formula is C46H55Cl2Zr. The first-order valence-corrected chi connectivity index (χ1v) is 29.7. The van der Waals surface area contributed by atoms with Gasteiger partial charge in [0.1, 0.15) is 0 Å². The van der Waals surface area contributed by atoms with Gasteiger partial charge in [0, 0.05) is 0 Å². The van der Waals surface area contributed by atoms with Gasteiger partial charge in [-0.2, -0.15) is 0 Å². The Morgan fingerprint density at radius 2 is 0.918 bits per heavy atom. The Bertz CT molecular complexity index is 1820. The van der Waals surface area contributed by atoms with E-state index in [9.17, 15) is 0 Å². The molecular weight excluding hydrogens is 715 g/mol. The molecule has 0 heterocycles. The summed E-state index contributed by atoms with van der Waals surface area (Å²) in [4.78, 5) is 0. The van der Waals surface area contributed by atoms with E-state index in [4.69, 9.17) is 17.0 Å². The van der Waals surface area contributed by atoms with Crippen LogP contribution in [-0.2, 0) is 16.4 Å². The summed E-state index contributed by atoms with van der Waals surface area (Å²) in [6.07, 6.45) is 11.8. The molecule has 0 fully saturated rings. The van der Waals surface area contributed by atoms with Crippen molar-refractivity contribution in [3.8, 4) is 22.3 Å². The molecule has 4 aromatic carbocycles. The van der Waals surface area contributed by atoms with Gasteiger partial charge in [0.15, 0.2) is 0 Å². The molecule has 2 atom stereocenters. The first-order chi connectivity index (χ1) is 23.3. The summed E-state index contributed by atoms with van der Waals surface area (Å²) in [6, 6.07) is 22.9. The predicted octanol–water partition coefficient (Wildman–Crippen LogP) is 15.3. The number of allylic oxidation sites excluding steroid dienone is 2. The van der Waals surface area contributed by atoms with E-state index in [0.717, 1.165) is 42.7 Å². The van der Waals surface area contributed by atoms with E-state index in [1.807, 2.05) is 0 Å². The predicted molar refractivity (Wildman–Crippen MR) is 215 cm³/mol. The summed E-state index contributed by atoms with van der Waals surface area (Å²) in [7, 11) is 17.5. The molecule has 3 heteroatoms. The molecule has 0 saturated carbocycles. The number of halogens is 2. The van der Waals surface area contributed by atoms with Gasteiger partial charge in [-0.1, -0.05) is 0 Å². The molecule has 2 aliphatic carbocycles. The van der Waals surface area contributed by atoms with Gasteiger partial charge in [0.2, 0.25) is 0 Å². The van der Waals surface area contributed by atoms with Crippen molar-refractivity contribution < 1.29 is 16.4 Å². The number of rotatable bonds is 11. The van der Waals surface area contributed by atoms with Crippen molar-refractivity contribution >= 4 is 29.2 Å². The molecule has 0 spiro atoms. The van der Waals surface area contributed by atoms with Gasteiger partial charge in [0.25, 0.3) is 0 Å². The van der Waals surface area contributed by atoms with Crippen molar-refractivity contribution in [1.82, 2.24) is 0 Å². The molecule has 0 radical (unpaired) electrons. The summed E-state index contributed by atoms with van der Waals surface area (Å²) in [5.74, 6) is 0. The van der Waals surface area contributed by atoms with Gasteiger partial charge < -0.3 is 0 Å². The van der Waals surface area contributed by atoms with E-state index in [1.165, 1.54) is 89.0 Å². The zero-order valence-corrected chi connectivity index (χ0v) is 35.3. The van der Waals surface area contributed by atoms with Crippen LogP contribution in [0.3, 0.4) is 0 Å². The van der Waals surface area contributed by atoms with Crippen molar-refractivity contribution in [2.24, 2.45) is 0 Å². The zero-order chi connectivity index (χ0) is 35.3. The van der Waals surface area contributed by atoms with E-state index in [0.29, 0.717) is 0 Å². The van der Waals surface area contributed by atoms with Gasteiger partial charge >= 0.3 is 307 Å². The summed E-state index contributed by atoms with van der Waals surface area (Å²) in [6.45, 7) is 20.5. The number of hydrogen-bond donors (Lipinski definition) is 0. The Morgan fingerprint density at radius 1 is 0.551 bits per heavy atom. The van der Waals surface area contributed by atoms with E-state index in [-0.39, 0.29) is 7.25 Å². The van der Waals surface area contributed by atoms with Crippen LogP contribution in [0, 0.1) is 41.5 Å². The van der Waals surface area contributed by atoms with Crippen LogP contribution >= 0.6 is 17.0 Å². The van der Waals surface area contributed by atoms with Gasteiger partial charge in [-0.05, 0) is 0 Å².